The van der Waals surface area contributed by atoms with Gasteiger partial charge in [-0.1, -0.05) is 68.3 Å². The summed E-state index contributed by atoms with van der Waals surface area (Å²) in [7, 11) is 0. The number of aryl methyl sites for hydroxylation is 1. The lowest BCUT2D eigenvalue weighted by molar-refractivity contribution is 0.0634. The van der Waals surface area contributed by atoms with Crippen LogP contribution in [0.25, 0.3) is 16.6 Å². The van der Waals surface area contributed by atoms with Crippen LogP contribution in [-0.2, 0) is 0 Å². The molecule has 5 rings (SSSR count). The predicted octanol–water partition coefficient (Wildman–Crippen LogP) is 10.6. The number of fused-ring (bicyclic) bond motifs is 1. The zero-order chi connectivity index (χ0) is 32.7. The first kappa shape index (κ1) is 34.2. The van der Waals surface area contributed by atoms with Gasteiger partial charge in [0, 0.05) is 36.0 Å². The van der Waals surface area contributed by atoms with Crippen molar-refractivity contribution in [2.45, 2.75) is 72.3 Å². The fourth-order valence-electron chi connectivity index (χ4n) is 5.78. The molecule has 1 aliphatic rings. The van der Waals surface area contributed by atoms with Gasteiger partial charge in [0.1, 0.15) is 5.82 Å². The van der Waals surface area contributed by atoms with Gasteiger partial charge in [0.25, 0.3) is 5.91 Å². The number of likely N-dealkylation sites (tertiary alicyclic amines) is 1. The molecule has 4 nitrogen and oxygen atoms in total. The molecule has 4 aromatic rings. The van der Waals surface area contributed by atoms with Crippen LogP contribution in [0.15, 0.2) is 72.8 Å². The van der Waals surface area contributed by atoms with Crippen molar-refractivity contribution in [3.05, 3.63) is 106 Å². The first-order chi connectivity index (χ1) is 21.5. The number of piperidine rings is 1. The number of hydrogen-bond donors (Lipinski definition) is 0. The Balaban J connectivity index is 0.000000510. The lowest BCUT2D eigenvalue weighted by Crippen LogP contribution is -2.38. The molecule has 0 aliphatic carbocycles. The van der Waals surface area contributed by atoms with E-state index in [0.29, 0.717) is 53.4 Å². The number of halogens is 5. The number of allylic oxidation sites excluding steroid dienone is 1. The number of hydrogen-bond acceptors (Lipinski definition) is 2. The Morgan fingerprint density at radius 2 is 1.71 bits per heavy atom. The molecule has 9 heteroatoms. The summed E-state index contributed by atoms with van der Waals surface area (Å²) in [6.07, 6.45) is 2.02. The normalized spacial score (nSPS) is 15.0. The molecule has 0 N–H and O–H groups in total. The number of carbonyl (C=O) groups excluding carboxylic acids is 1. The van der Waals surface area contributed by atoms with E-state index in [1.54, 1.807) is 24.3 Å². The van der Waals surface area contributed by atoms with E-state index in [1.807, 2.05) is 81.1 Å². The van der Waals surface area contributed by atoms with E-state index < -0.39 is 13.0 Å². The maximum Gasteiger partial charge on any atom is 0.320 e. The third kappa shape index (κ3) is 8.34. The van der Waals surface area contributed by atoms with Crippen LogP contribution in [0.2, 0.25) is 5.02 Å². The molecule has 3 aromatic carbocycles. The van der Waals surface area contributed by atoms with Crippen molar-refractivity contribution in [2.75, 3.05) is 13.1 Å². The molecule has 240 valence electrons. The molecule has 0 radical (unpaired) electrons. The Bertz CT molecular complexity index is 1630. The second kappa shape index (κ2) is 15.6. The van der Waals surface area contributed by atoms with Gasteiger partial charge in [-0.05, 0) is 91.3 Å². The van der Waals surface area contributed by atoms with Gasteiger partial charge in [0.2, 0.25) is 6.43 Å². The number of benzene rings is 3. The minimum atomic E-state index is -2.66. The second-order valence-corrected chi connectivity index (χ2v) is 12.0. The largest absolute Gasteiger partial charge is 0.339 e. The van der Waals surface area contributed by atoms with Crippen LogP contribution >= 0.6 is 11.6 Å². The van der Waals surface area contributed by atoms with E-state index in [2.05, 4.69) is 4.98 Å². The number of carbonyl (C=O) groups is 1. The van der Waals surface area contributed by atoms with Crippen LogP contribution in [0, 0.1) is 12.8 Å². The van der Waals surface area contributed by atoms with Crippen molar-refractivity contribution in [2.24, 2.45) is 5.92 Å². The third-order valence-corrected chi connectivity index (χ3v) is 8.67. The fraction of sp³-hybridized carbons (Fsp3) is 0.389. The van der Waals surface area contributed by atoms with Crippen molar-refractivity contribution in [1.29, 1.82) is 0 Å². The van der Waals surface area contributed by atoms with Crippen molar-refractivity contribution in [3.63, 3.8) is 0 Å². The molecule has 1 fully saturated rings. The summed E-state index contributed by atoms with van der Waals surface area (Å²) >= 11 is 6.20. The predicted molar refractivity (Wildman–Crippen MR) is 174 cm³/mol. The molecule has 1 atom stereocenters. The first-order valence-corrected chi connectivity index (χ1v) is 15.8. The van der Waals surface area contributed by atoms with E-state index in [4.69, 9.17) is 11.6 Å². The molecule has 1 aliphatic heterocycles. The highest BCUT2D eigenvalue weighted by Gasteiger charge is 2.30. The summed E-state index contributed by atoms with van der Waals surface area (Å²) in [5, 5.41) is 0.675. The minimum Gasteiger partial charge on any atom is -0.339 e. The fourth-order valence-corrected chi connectivity index (χ4v) is 5.97. The number of imidazole rings is 1. The Hall–Kier alpha value is -3.65. The van der Waals surface area contributed by atoms with Gasteiger partial charge in [-0.25, -0.2) is 13.8 Å². The number of para-hydroxylation sites is 2. The van der Waals surface area contributed by atoms with E-state index in [9.17, 15) is 22.4 Å². The average molecular weight is 642 g/mol. The van der Waals surface area contributed by atoms with Gasteiger partial charge in [-0.3, -0.25) is 9.36 Å². The van der Waals surface area contributed by atoms with Gasteiger partial charge < -0.3 is 4.90 Å². The Kier molecular flexibility index (Phi) is 11.8. The Morgan fingerprint density at radius 1 is 1.00 bits per heavy atom. The highest BCUT2D eigenvalue weighted by Crippen LogP contribution is 2.34. The van der Waals surface area contributed by atoms with Crippen LogP contribution in [0.5, 0.6) is 0 Å². The Morgan fingerprint density at radius 3 is 2.29 bits per heavy atom. The number of rotatable bonds is 8. The summed E-state index contributed by atoms with van der Waals surface area (Å²) in [5.74, 6) is 0.420. The molecule has 0 bridgehead atoms. The second-order valence-electron chi connectivity index (χ2n) is 11.6. The van der Waals surface area contributed by atoms with Crippen molar-refractivity contribution in [3.8, 4) is 0 Å². The monoisotopic (exact) mass is 641 g/mol. The van der Waals surface area contributed by atoms with Gasteiger partial charge >= 0.3 is 6.55 Å². The van der Waals surface area contributed by atoms with Gasteiger partial charge in [0.15, 0.2) is 0 Å². The lowest BCUT2D eigenvalue weighted by atomic mass is 9.92. The van der Waals surface area contributed by atoms with E-state index in [0.717, 1.165) is 33.3 Å². The number of alkyl halides is 4. The van der Waals surface area contributed by atoms with Crippen LogP contribution in [0.4, 0.5) is 17.6 Å². The van der Waals surface area contributed by atoms with Crippen LogP contribution in [-0.4, -0.2) is 39.9 Å². The van der Waals surface area contributed by atoms with Gasteiger partial charge in [0.05, 0.1) is 11.0 Å². The SMILES string of the molecule is C/C=C(/c1cccc(Cl)c1)c1ccc(C(=O)N2CCC(c3nc4ccccc4n3C(F)F)CC2)cc1C.CCC(C)CC(F)F. The zero-order valence-electron chi connectivity index (χ0n) is 26.1. The smallest absolute Gasteiger partial charge is 0.320 e. The Labute approximate surface area is 267 Å². The van der Waals surface area contributed by atoms with Gasteiger partial charge in [-0.2, -0.15) is 8.78 Å². The number of aromatic nitrogens is 2. The zero-order valence-corrected chi connectivity index (χ0v) is 26.9. The van der Waals surface area contributed by atoms with Crippen LogP contribution in [0.1, 0.15) is 91.8 Å². The average Bonchev–Trinajstić information content (AvgIpc) is 3.42. The maximum atomic E-state index is 13.9. The highest BCUT2D eigenvalue weighted by atomic mass is 35.5. The lowest BCUT2D eigenvalue weighted by Gasteiger charge is -2.32. The van der Waals surface area contributed by atoms with E-state index >= 15 is 0 Å². The molecular formula is C36H40ClF4N3O. The molecule has 1 unspecified atom stereocenters. The van der Waals surface area contributed by atoms with Crippen molar-refractivity contribution in [1.82, 2.24) is 14.5 Å². The topological polar surface area (TPSA) is 38.1 Å². The third-order valence-electron chi connectivity index (χ3n) is 8.43. The highest BCUT2D eigenvalue weighted by molar-refractivity contribution is 6.30. The maximum absolute atomic E-state index is 13.9. The summed E-state index contributed by atoms with van der Waals surface area (Å²) in [4.78, 5) is 19.7. The van der Waals surface area contributed by atoms with Gasteiger partial charge in [-0.15, -0.1) is 0 Å². The van der Waals surface area contributed by atoms with E-state index in [-0.39, 0.29) is 24.2 Å². The molecule has 45 heavy (non-hydrogen) atoms. The molecule has 2 heterocycles. The standard InChI is InChI=1S/C30H28ClF2N3O.C6H12F2/c1-3-24(21-7-6-8-23(31)18-21)25-12-11-22(17-19(25)2)29(37)35-15-13-20(14-16-35)28-34-26-9-4-5-10-27(26)36(28)30(32)33;1-3-5(2)4-6(7)8/h3-12,17-18,20,30H,13-16H2,1-2H3;5-6H,3-4H2,1-2H3/b24-3-;. The summed E-state index contributed by atoms with van der Waals surface area (Å²) < 4.78 is 51.8. The number of nitrogens with zero attached hydrogens (tertiary/aromatic N) is 3. The molecular weight excluding hydrogens is 602 g/mol. The van der Waals surface area contributed by atoms with Crippen LogP contribution < -0.4 is 0 Å². The summed E-state index contributed by atoms with van der Waals surface area (Å²) in [6.45, 7) is 6.10. The first-order valence-electron chi connectivity index (χ1n) is 15.4. The molecule has 0 saturated carbocycles. The summed E-state index contributed by atoms with van der Waals surface area (Å²) in [5.41, 5.74) is 5.77. The molecule has 1 amide bonds. The van der Waals surface area contributed by atoms with Crippen molar-refractivity contribution >= 4 is 34.1 Å². The van der Waals surface area contributed by atoms with E-state index in [1.165, 1.54) is 0 Å². The number of amides is 1. The molecule has 0 spiro atoms. The quantitative estimate of drug-likeness (QED) is 0.180. The van der Waals surface area contributed by atoms with Crippen molar-refractivity contribution < 1.29 is 22.4 Å². The van der Waals surface area contributed by atoms with Crippen LogP contribution in [0.3, 0.4) is 0 Å². The molecule has 1 saturated heterocycles. The minimum absolute atomic E-state index is 0.0414. The summed E-state index contributed by atoms with van der Waals surface area (Å²) in [6, 6.07) is 20.5. The molecule has 1 aromatic heterocycles.